The Kier molecular flexibility index (Phi) is 7.49. The van der Waals surface area contributed by atoms with Crippen LogP contribution in [-0.2, 0) is 9.53 Å². The van der Waals surface area contributed by atoms with E-state index in [1.807, 2.05) is 0 Å². The lowest BCUT2D eigenvalue weighted by Gasteiger charge is -2.19. The number of aromatic nitrogens is 1. The lowest BCUT2D eigenvalue weighted by atomic mass is 10.1. The van der Waals surface area contributed by atoms with Crippen LogP contribution in [-0.4, -0.2) is 83.9 Å². The molecule has 0 aromatic carbocycles. The minimum atomic E-state index is -5.08. The van der Waals surface area contributed by atoms with E-state index in [1.54, 1.807) is 4.90 Å². The summed E-state index contributed by atoms with van der Waals surface area (Å²) in [4.78, 5) is 29.5. The van der Waals surface area contributed by atoms with E-state index in [-0.39, 0.29) is 17.2 Å². The average molecular weight is 444 g/mol. The van der Waals surface area contributed by atoms with Gasteiger partial charge in [-0.15, -0.1) is 0 Å². The van der Waals surface area contributed by atoms with Gasteiger partial charge in [0.25, 0.3) is 5.91 Å². The number of fused-ring (bicyclic) bond motifs is 1. The molecule has 12 heteroatoms. The standard InChI is InChI=1S/C14H17Cl2N3O2.C2HF3O2/c1-18-2-3-21-12-8-19(7-9(12)6-18)14(20)10-5-17-13(16)4-11(10)15;3-2(4,5)1(6)7/h4-5,9,12H,2-3,6-8H2,1H3;(H,6,7)/t9-,12+;/m0./s1. The Hall–Kier alpha value is -1.62. The zero-order valence-corrected chi connectivity index (χ0v) is 16.3. The van der Waals surface area contributed by atoms with Crippen molar-refractivity contribution in [3.05, 3.63) is 28.0 Å². The number of rotatable bonds is 1. The fourth-order valence-electron chi connectivity index (χ4n) is 2.96. The van der Waals surface area contributed by atoms with Crippen molar-refractivity contribution in [2.45, 2.75) is 12.3 Å². The van der Waals surface area contributed by atoms with E-state index in [1.165, 1.54) is 12.3 Å². The molecule has 0 unspecified atom stereocenters. The molecule has 1 aromatic rings. The first-order chi connectivity index (χ1) is 13.0. The summed E-state index contributed by atoms with van der Waals surface area (Å²) in [7, 11) is 2.08. The quantitative estimate of drug-likeness (QED) is 0.671. The molecule has 7 nitrogen and oxygen atoms in total. The molecule has 0 aliphatic carbocycles. The van der Waals surface area contributed by atoms with Gasteiger partial charge in [0.2, 0.25) is 0 Å². The Morgan fingerprint density at radius 3 is 2.50 bits per heavy atom. The average Bonchev–Trinajstić information content (AvgIpc) is 2.88. The molecular weight excluding hydrogens is 426 g/mol. The Morgan fingerprint density at radius 2 is 1.93 bits per heavy atom. The van der Waals surface area contributed by atoms with Gasteiger partial charge >= 0.3 is 12.1 Å². The van der Waals surface area contributed by atoms with Crippen molar-refractivity contribution >= 4 is 35.1 Å². The van der Waals surface area contributed by atoms with Crippen LogP contribution in [0.25, 0.3) is 0 Å². The van der Waals surface area contributed by atoms with Crippen molar-refractivity contribution in [3.8, 4) is 0 Å². The number of aliphatic carboxylic acids is 1. The van der Waals surface area contributed by atoms with Gasteiger partial charge in [-0.2, -0.15) is 13.2 Å². The number of amides is 1. The molecule has 3 rings (SSSR count). The molecule has 28 heavy (non-hydrogen) atoms. The van der Waals surface area contributed by atoms with Crippen LogP contribution in [0.5, 0.6) is 0 Å². The molecule has 1 amide bonds. The third-order valence-corrected chi connectivity index (χ3v) is 4.83. The summed E-state index contributed by atoms with van der Waals surface area (Å²) < 4.78 is 37.6. The molecule has 0 spiro atoms. The van der Waals surface area contributed by atoms with Crippen LogP contribution in [0.2, 0.25) is 10.2 Å². The first-order valence-electron chi connectivity index (χ1n) is 8.19. The molecule has 2 aliphatic heterocycles. The first-order valence-corrected chi connectivity index (χ1v) is 8.95. The van der Waals surface area contributed by atoms with Gasteiger partial charge in [0.1, 0.15) is 5.15 Å². The van der Waals surface area contributed by atoms with Gasteiger partial charge in [0.05, 0.1) is 23.3 Å². The molecule has 2 fully saturated rings. The zero-order valence-electron chi connectivity index (χ0n) is 14.7. The highest BCUT2D eigenvalue weighted by Crippen LogP contribution is 2.27. The van der Waals surface area contributed by atoms with Gasteiger partial charge < -0.3 is 19.6 Å². The Labute approximate surface area is 169 Å². The van der Waals surface area contributed by atoms with E-state index in [9.17, 15) is 18.0 Å². The van der Waals surface area contributed by atoms with Crippen LogP contribution in [0.4, 0.5) is 13.2 Å². The van der Waals surface area contributed by atoms with Crippen molar-refractivity contribution in [3.63, 3.8) is 0 Å². The molecule has 0 radical (unpaired) electrons. The third kappa shape index (κ3) is 5.94. The largest absolute Gasteiger partial charge is 0.490 e. The molecular formula is C16H18Cl2F3N3O4. The van der Waals surface area contributed by atoms with Gasteiger partial charge in [-0.25, -0.2) is 9.78 Å². The summed E-state index contributed by atoms with van der Waals surface area (Å²) in [6, 6.07) is 1.49. The predicted octanol–water partition coefficient (Wildman–Crippen LogP) is 2.42. The van der Waals surface area contributed by atoms with Gasteiger partial charge in [0.15, 0.2) is 0 Å². The fraction of sp³-hybridized carbons (Fsp3) is 0.562. The van der Waals surface area contributed by atoms with Gasteiger partial charge in [-0.05, 0) is 13.1 Å². The minimum Gasteiger partial charge on any atom is -0.475 e. The normalized spacial score (nSPS) is 22.7. The van der Waals surface area contributed by atoms with Crippen LogP contribution in [0.15, 0.2) is 12.3 Å². The molecule has 0 bridgehead atoms. The molecule has 1 aromatic heterocycles. The summed E-state index contributed by atoms with van der Waals surface area (Å²) in [6.07, 6.45) is -3.54. The molecule has 156 valence electrons. The van der Waals surface area contributed by atoms with E-state index in [0.29, 0.717) is 36.2 Å². The Balaban J connectivity index is 0.000000345. The number of nitrogens with zero attached hydrogens (tertiary/aromatic N) is 3. The van der Waals surface area contributed by atoms with Crippen LogP contribution in [0.3, 0.4) is 0 Å². The second-order valence-corrected chi connectivity index (χ2v) is 7.23. The number of hydrogen-bond acceptors (Lipinski definition) is 5. The van der Waals surface area contributed by atoms with Crippen molar-refractivity contribution in [1.29, 1.82) is 0 Å². The summed E-state index contributed by atoms with van der Waals surface area (Å²) in [5.41, 5.74) is 0.394. The first kappa shape index (κ1) is 22.7. The summed E-state index contributed by atoms with van der Waals surface area (Å²) in [5, 5.41) is 7.75. The lowest BCUT2D eigenvalue weighted by molar-refractivity contribution is -0.192. The predicted molar refractivity (Wildman–Crippen MR) is 94.6 cm³/mol. The van der Waals surface area contributed by atoms with E-state index >= 15 is 0 Å². The van der Waals surface area contributed by atoms with Gasteiger partial charge in [-0.3, -0.25) is 4.79 Å². The number of ether oxygens (including phenoxy) is 1. The van der Waals surface area contributed by atoms with Gasteiger partial charge in [0, 0.05) is 38.3 Å². The molecule has 1 N–H and O–H groups in total. The maximum absolute atomic E-state index is 12.6. The third-order valence-electron chi connectivity index (χ3n) is 4.31. The van der Waals surface area contributed by atoms with Crippen molar-refractivity contribution < 1.29 is 32.6 Å². The second-order valence-electron chi connectivity index (χ2n) is 6.43. The molecule has 3 heterocycles. The molecule has 0 saturated carbocycles. The second kappa shape index (κ2) is 9.25. The van der Waals surface area contributed by atoms with E-state index in [2.05, 4.69) is 16.9 Å². The number of carbonyl (C=O) groups is 2. The number of likely N-dealkylation sites (tertiary alicyclic amines) is 1. The smallest absolute Gasteiger partial charge is 0.475 e. The number of carboxylic acids is 1. The topological polar surface area (TPSA) is 83.0 Å². The molecule has 2 saturated heterocycles. The number of halogens is 5. The van der Waals surface area contributed by atoms with Crippen molar-refractivity contribution in [1.82, 2.24) is 14.8 Å². The van der Waals surface area contributed by atoms with Crippen molar-refractivity contribution in [2.24, 2.45) is 5.92 Å². The van der Waals surface area contributed by atoms with Gasteiger partial charge in [-0.1, -0.05) is 23.2 Å². The number of pyridine rings is 1. The highest BCUT2D eigenvalue weighted by atomic mass is 35.5. The van der Waals surface area contributed by atoms with Crippen molar-refractivity contribution in [2.75, 3.05) is 39.8 Å². The highest BCUT2D eigenvalue weighted by Gasteiger charge is 2.39. The van der Waals surface area contributed by atoms with E-state index in [4.69, 9.17) is 37.8 Å². The van der Waals surface area contributed by atoms with E-state index in [0.717, 1.165) is 13.1 Å². The number of carboxylic acid groups (broad SMARTS) is 1. The van der Waals surface area contributed by atoms with Crippen LogP contribution in [0.1, 0.15) is 10.4 Å². The van der Waals surface area contributed by atoms with Crippen LogP contribution >= 0.6 is 23.2 Å². The highest BCUT2D eigenvalue weighted by molar-refractivity contribution is 6.36. The Bertz CT molecular complexity index is 736. The zero-order chi connectivity index (χ0) is 21.1. The number of likely N-dealkylation sites (N-methyl/N-ethyl adjacent to an activating group) is 1. The summed E-state index contributed by atoms with van der Waals surface area (Å²) >= 11 is 11.9. The number of hydrogen-bond donors (Lipinski definition) is 1. The SMILES string of the molecule is CN1CCO[C@@H]2CN(C(=O)c3cnc(Cl)cc3Cl)C[C@@H]2C1.O=C(O)C(F)(F)F. The maximum Gasteiger partial charge on any atom is 0.490 e. The molecule has 2 atom stereocenters. The summed E-state index contributed by atoms with van der Waals surface area (Å²) in [6.45, 7) is 3.89. The monoisotopic (exact) mass is 443 g/mol. The fourth-order valence-corrected chi connectivity index (χ4v) is 3.40. The number of alkyl halides is 3. The Morgan fingerprint density at radius 1 is 1.29 bits per heavy atom. The van der Waals surface area contributed by atoms with Crippen LogP contribution < -0.4 is 0 Å². The summed E-state index contributed by atoms with van der Waals surface area (Å²) in [5.74, 6) is -2.52. The molecule has 2 aliphatic rings. The minimum absolute atomic E-state index is 0.108. The van der Waals surface area contributed by atoms with E-state index < -0.39 is 12.1 Å². The lowest BCUT2D eigenvalue weighted by Crippen LogP contribution is -2.32. The number of carbonyl (C=O) groups excluding carboxylic acids is 1. The van der Waals surface area contributed by atoms with Crippen LogP contribution in [0, 0.1) is 5.92 Å². The maximum atomic E-state index is 12.6.